The SMILES string of the molecule is Cc1c(N)cc(Br)cc1C(=O)NCCCOCC1CC1. The number of benzene rings is 1. The second-order valence-corrected chi connectivity index (χ2v) is 6.21. The third kappa shape index (κ3) is 4.49. The molecule has 5 heteroatoms. The van der Waals surface area contributed by atoms with Crippen LogP contribution in [-0.4, -0.2) is 25.7 Å². The number of rotatable bonds is 7. The van der Waals surface area contributed by atoms with Crippen molar-refractivity contribution in [3.05, 3.63) is 27.7 Å². The lowest BCUT2D eigenvalue weighted by Gasteiger charge is -2.10. The summed E-state index contributed by atoms with van der Waals surface area (Å²) in [5.74, 6) is 0.703. The molecule has 0 radical (unpaired) electrons. The normalized spacial score (nSPS) is 14.3. The van der Waals surface area contributed by atoms with Crippen LogP contribution in [0.15, 0.2) is 16.6 Å². The second kappa shape index (κ2) is 7.09. The zero-order valence-corrected chi connectivity index (χ0v) is 13.3. The summed E-state index contributed by atoms with van der Waals surface area (Å²) >= 11 is 3.36. The highest BCUT2D eigenvalue weighted by molar-refractivity contribution is 9.10. The Balaban J connectivity index is 1.73. The van der Waals surface area contributed by atoms with E-state index in [4.69, 9.17) is 10.5 Å². The van der Waals surface area contributed by atoms with Gasteiger partial charge in [-0.15, -0.1) is 0 Å². The van der Waals surface area contributed by atoms with Gasteiger partial charge in [-0.1, -0.05) is 15.9 Å². The summed E-state index contributed by atoms with van der Waals surface area (Å²) in [5.41, 5.74) is 7.92. The fourth-order valence-corrected chi connectivity index (χ4v) is 2.42. The summed E-state index contributed by atoms with van der Waals surface area (Å²) in [6.45, 7) is 4.05. The minimum Gasteiger partial charge on any atom is -0.398 e. The molecule has 1 aromatic rings. The van der Waals surface area contributed by atoms with E-state index < -0.39 is 0 Å². The summed E-state index contributed by atoms with van der Waals surface area (Å²) in [5, 5.41) is 2.90. The van der Waals surface area contributed by atoms with Crippen molar-refractivity contribution in [3.63, 3.8) is 0 Å². The van der Waals surface area contributed by atoms with Gasteiger partial charge in [-0.2, -0.15) is 0 Å². The van der Waals surface area contributed by atoms with Gasteiger partial charge in [0.05, 0.1) is 0 Å². The Bertz CT molecular complexity index is 487. The molecule has 0 aliphatic heterocycles. The van der Waals surface area contributed by atoms with Crippen LogP contribution in [0.5, 0.6) is 0 Å². The molecule has 4 nitrogen and oxygen atoms in total. The quantitative estimate of drug-likeness (QED) is 0.592. The Kier molecular flexibility index (Phi) is 5.43. The molecule has 1 amide bonds. The highest BCUT2D eigenvalue weighted by Crippen LogP contribution is 2.28. The van der Waals surface area contributed by atoms with E-state index in [2.05, 4.69) is 21.2 Å². The van der Waals surface area contributed by atoms with E-state index in [0.717, 1.165) is 29.0 Å². The summed E-state index contributed by atoms with van der Waals surface area (Å²) in [7, 11) is 0. The second-order valence-electron chi connectivity index (χ2n) is 5.30. The van der Waals surface area contributed by atoms with Crippen molar-refractivity contribution in [1.82, 2.24) is 5.32 Å². The molecule has 0 bridgehead atoms. The number of amides is 1. The van der Waals surface area contributed by atoms with Crippen molar-refractivity contribution >= 4 is 27.5 Å². The smallest absolute Gasteiger partial charge is 0.251 e. The van der Waals surface area contributed by atoms with Gasteiger partial charge in [-0.3, -0.25) is 4.79 Å². The Hall–Kier alpha value is -1.07. The number of halogens is 1. The van der Waals surface area contributed by atoms with E-state index in [1.165, 1.54) is 12.8 Å². The molecule has 0 aromatic heterocycles. The lowest BCUT2D eigenvalue weighted by atomic mass is 10.1. The van der Waals surface area contributed by atoms with Crippen LogP contribution in [0.4, 0.5) is 5.69 Å². The van der Waals surface area contributed by atoms with Crippen molar-refractivity contribution in [1.29, 1.82) is 0 Å². The fourth-order valence-electron chi connectivity index (χ4n) is 1.94. The molecule has 1 aromatic carbocycles. The number of hydrogen-bond donors (Lipinski definition) is 2. The first-order valence-electron chi connectivity index (χ1n) is 6.99. The van der Waals surface area contributed by atoms with E-state index in [0.29, 0.717) is 24.4 Å². The van der Waals surface area contributed by atoms with Crippen LogP contribution in [0.25, 0.3) is 0 Å². The topological polar surface area (TPSA) is 64.4 Å². The summed E-state index contributed by atoms with van der Waals surface area (Å²) in [6, 6.07) is 3.60. The zero-order valence-electron chi connectivity index (χ0n) is 11.7. The number of hydrogen-bond acceptors (Lipinski definition) is 3. The first-order valence-corrected chi connectivity index (χ1v) is 7.79. The van der Waals surface area contributed by atoms with Gasteiger partial charge in [0.1, 0.15) is 0 Å². The predicted molar refractivity (Wildman–Crippen MR) is 83.8 cm³/mol. The molecule has 1 fully saturated rings. The minimum absolute atomic E-state index is 0.0855. The summed E-state index contributed by atoms with van der Waals surface area (Å²) < 4.78 is 6.35. The third-order valence-corrected chi connectivity index (χ3v) is 3.92. The van der Waals surface area contributed by atoms with Gasteiger partial charge in [0.25, 0.3) is 5.91 Å². The highest BCUT2D eigenvalue weighted by atomic mass is 79.9. The lowest BCUT2D eigenvalue weighted by molar-refractivity contribution is 0.0937. The molecular weight excluding hydrogens is 320 g/mol. The number of nitrogens with two attached hydrogens (primary N) is 1. The average Bonchev–Trinajstić information content (AvgIpc) is 3.21. The van der Waals surface area contributed by atoms with Crippen molar-refractivity contribution in [3.8, 4) is 0 Å². The van der Waals surface area contributed by atoms with Gasteiger partial charge in [0.15, 0.2) is 0 Å². The fraction of sp³-hybridized carbons (Fsp3) is 0.533. The Morgan fingerprint density at radius 2 is 2.25 bits per heavy atom. The predicted octanol–water partition coefficient (Wildman–Crippen LogP) is 2.89. The van der Waals surface area contributed by atoms with E-state index in [9.17, 15) is 4.79 Å². The standard InChI is InChI=1S/C15H21BrN2O2/c1-10-13(7-12(16)8-14(10)17)15(19)18-5-2-6-20-9-11-3-4-11/h7-8,11H,2-6,9,17H2,1H3,(H,18,19). The minimum atomic E-state index is -0.0855. The molecule has 20 heavy (non-hydrogen) atoms. The van der Waals surface area contributed by atoms with Crippen LogP contribution in [0.1, 0.15) is 35.2 Å². The van der Waals surface area contributed by atoms with Crippen LogP contribution in [-0.2, 0) is 4.74 Å². The summed E-state index contributed by atoms with van der Waals surface area (Å²) in [6.07, 6.45) is 3.45. The Labute approximate surface area is 128 Å². The molecule has 1 aliphatic carbocycles. The van der Waals surface area contributed by atoms with Crippen molar-refractivity contribution in [2.75, 3.05) is 25.5 Å². The molecular formula is C15H21BrN2O2. The maximum Gasteiger partial charge on any atom is 0.251 e. The van der Waals surface area contributed by atoms with Crippen molar-refractivity contribution in [2.24, 2.45) is 5.92 Å². The molecule has 1 saturated carbocycles. The van der Waals surface area contributed by atoms with E-state index in [1.807, 2.05) is 6.92 Å². The first-order chi connectivity index (χ1) is 9.58. The average molecular weight is 341 g/mol. The van der Waals surface area contributed by atoms with Crippen LogP contribution >= 0.6 is 15.9 Å². The van der Waals surface area contributed by atoms with Gasteiger partial charge in [0.2, 0.25) is 0 Å². The maximum atomic E-state index is 12.1. The number of carbonyl (C=O) groups is 1. The third-order valence-electron chi connectivity index (χ3n) is 3.46. The van der Waals surface area contributed by atoms with Gasteiger partial charge >= 0.3 is 0 Å². The Morgan fingerprint density at radius 1 is 1.50 bits per heavy atom. The molecule has 0 heterocycles. The van der Waals surface area contributed by atoms with Gasteiger partial charge in [-0.25, -0.2) is 0 Å². The molecule has 3 N–H and O–H groups in total. The molecule has 0 atom stereocenters. The largest absolute Gasteiger partial charge is 0.398 e. The molecule has 0 unspecified atom stereocenters. The number of ether oxygens (including phenoxy) is 1. The van der Waals surface area contributed by atoms with E-state index in [1.54, 1.807) is 12.1 Å². The Morgan fingerprint density at radius 3 is 2.95 bits per heavy atom. The van der Waals surface area contributed by atoms with E-state index >= 15 is 0 Å². The van der Waals surface area contributed by atoms with Gasteiger partial charge < -0.3 is 15.8 Å². The lowest BCUT2D eigenvalue weighted by Crippen LogP contribution is -2.26. The van der Waals surface area contributed by atoms with E-state index in [-0.39, 0.29) is 5.91 Å². The van der Waals surface area contributed by atoms with Crippen LogP contribution in [0.3, 0.4) is 0 Å². The van der Waals surface area contributed by atoms with Gasteiger partial charge in [-0.05, 0) is 49.8 Å². The first kappa shape index (κ1) is 15.3. The van der Waals surface area contributed by atoms with Gasteiger partial charge in [0, 0.05) is 35.5 Å². The maximum absolute atomic E-state index is 12.1. The monoisotopic (exact) mass is 340 g/mol. The molecule has 2 rings (SSSR count). The summed E-state index contributed by atoms with van der Waals surface area (Å²) in [4.78, 5) is 12.1. The van der Waals surface area contributed by atoms with Crippen LogP contribution in [0.2, 0.25) is 0 Å². The number of carbonyl (C=O) groups excluding carboxylic acids is 1. The molecule has 1 aliphatic rings. The molecule has 110 valence electrons. The van der Waals surface area contributed by atoms with Crippen molar-refractivity contribution in [2.45, 2.75) is 26.2 Å². The molecule has 0 saturated heterocycles. The number of anilines is 1. The zero-order chi connectivity index (χ0) is 14.5. The molecule has 0 spiro atoms. The van der Waals surface area contributed by atoms with Crippen LogP contribution in [0, 0.1) is 12.8 Å². The van der Waals surface area contributed by atoms with Crippen LogP contribution < -0.4 is 11.1 Å². The highest BCUT2D eigenvalue weighted by Gasteiger charge is 2.20. The number of nitrogens with one attached hydrogen (secondary N) is 1. The van der Waals surface area contributed by atoms with Crippen molar-refractivity contribution < 1.29 is 9.53 Å². The number of nitrogen functional groups attached to an aromatic ring is 1.